The van der Waals surface area contributed by atoms with Gasteiger partial charge in [-0.05, 0) is 37.6 Å². The van der Waals surface area contributed by atoms with E-state index in [9.17, 15) is 4.79 Å². The van der Waals surface area contributed by atoms with E-state index < -0.39 is 0 Å². The Labute approximate surface area is 173 Å². The quantitative estimate of drug-likeness (QED) is 0.718. The number of rotatable bonds is 3. The average Bonchev–Trinajstić information content (AvgIpc) is 3.18. The molecular formula is C21H21N7O2. The third-order valence-corrected chi connectivity index (χ3v) is 5.45. The minimum atomic E-state index is -0.265. The molecule has 9 nitrogen and oxygen atoms in total. The van der Waals surface area contributed by atoms with Crippen molar-refractivity contribution >= 4 is 23.4 Å². The van der Waals surface area contributed by atoms with Crippen LogP contribution in [0.2, 0.25) is 0 Å². The molecule has 5 heterocycles. The van der Waals surface area contributed by atoms with Crippen LogP contribution in [-0.4, -0.2) is 52.2 Å². The van der Waals surface area contributed by atoms with Crippen LogP contribution in [0.3, 0.4) is 0 Å². The molecule has 5 rings (SSSR count). The van der Waals surface area contributed by atoms with Gasteiger partial charge in [0.15, 0.2) is 5.82 Å². The number of urea groups is 1. The molecule has 2 aliphatic rings. The van der Waals surface area contributed by atoms with Gasteiger partial charge in [0.1, 0.15) is 12.1 Å². The molecular weight excluding hydrogens is 382 g/mol. The molecule has 0 radical (unpaired) electrons. The highest BCUT2D eigenvalue weighted by Gasteiger charge is 2.40. The van der Waals surface area contributed by atoms with Gasteiger partial charge < -0.3 is 9.64 Å². The van der Waals surface area contributed by atoms with E-state index in [1.165, 1.54) is 13.4 Å². The maximum absolute atomic E-state index is 13.3. The summed E-state index contributed by atoms with van der Waals surface area (Å²) in [6, 6.07) is 9.34. The molecule has 30 heavy (non-hydrogen) atoms. The third-order valence-electron chi connectivity index (χ3n) is 5.45. The van der Waals surface area contributed by atoms with Crippen molar-refractivity contribution in [2.45, 2.75) is 19.4 Å². The van der Waals surface area contributed by atoms with E-state index >= 15 is 0 Å². The lowest BCUT2D eigenvalue weighted by atomic mass is 10.1. The molecule has 152 valence electrons. The first-order valence-corrected chi connectivity index (χ1v) is 9.77. The number of aryl methyl sites for hydroxylation is 1. The zero-order valence-electron chi connectivity index (χ0n) is 16.7. The third kappa shape index (κ3) is 3.18. The van der Waals surface area contributed by atoms with Crippen molar-refractivity contribution in [3.05, 3.63) is 48.5 Å². The number of hydrogen-bond donors (Lipinski definition) is 1. The Hall–Kier alpha value is -3.75. The van der Waals surface area contributed by atoms with Gasteiger partial charge >= 0.3 is 6.03 Å². The Morgan fingerprint density at radius 1 is 1.20 bits per heavy atom. The Kier molecular flexibility index (Phi) is 4.42. The van der Waals surface area contributed by atoms with E-state index in [2.05, 4.69) is 25.2 Å². The number of methoxy groups -OCH3 is 1. The number of ether oxygens (including phenoxy) is 1. The fourth-order valence-corrected chi connectivity index (χ4v) is 4.03. The van der Waals surface area contributed by atoms with Crippen LogP contribution >= 0.6 is 0 Å². The molecule has 0 aliphatic carbocycles. The first-order valence-electron chi connectivity index (χ1n) is 9.77. The summed E-state index contributed by atoms with van der Waals surface area (Å²) in [6.45, 7) is 3.64. The maximum Gasteiger partial charge on any atom is 0.329 e. The average molecular weight is 403 g/mol. The van der Waals surface area contributed by atoms with Gasteiger partial charge in [0, 0.05) is 36.6 Å². The second-order valence-corrected chi connectivity index (χ2v) is 7.36. The number of carbonyl (C=O) groups is 1. The molecule has 0 saturated carbocycles. The van der Waals surface area contributed by atoms with Crippen LogP contribution in [0.1, 0.15) is 12.1 Å². The molecule has 0 aromatic carbocycles. The Morgan fingerprint density at radius 2 is 2.10 bits per heavy atom. The highest BCUT2D eigenvalue weighted by molar-refractivity contribution is 6.04. The lowest BCUT2D eigenvalue weighted by Crippen LogP contribution is -2.48. The minimum absolute atomic E-state index is 0.0585. The van der Waals surface area contributed by atoms with Gasteiger partial charge in [-0.15, -0.1) is 0 Å². The van der Waals surface area contributed by atoms with Crippen molar-refractivity contribution in [2.75, 3.05) is 35.3 Å². The highest BCUT2D eigenvalue weighted by atomic mass is 16.5. The van der Waals surface area contributed by atoms with Crippen LogP contribution < -0.4 is 19.9 Å². The Balaban J connectivity index is 1.52. The van der Waals surface area contributed by atoms with Crippen LogP contribution in [0.4, 0.5) is 22.1 Å². The first kappa shape index (κ1) is 18.3. The molecule has 0 unspecified atom stereocenters. The molecule has 3 aromatic rings. The van der Waals surface area contributed by atoms with Crippen LogP contribution in [0.15, 0.2) is 42.9 Å². The topological polar surface area (TPSA) is 96.4 Å². The second kappa shape index (κ2) is 7.25. The zero-order chi connectivity index (χ0) is 20.7. The summed E-state index contributed by atoms with van der Waals surface area (Å²) in [5.41, 5.74) is 3.67. The van der Waals surface area contributed by atoms with E-state index in [4.69, 9.17) is 9.72 Å². The molecule has 2 bridgehead atoms. The van der Waals surface area contributed by atoms with Gasteiger partial charge in [-0.25, -0.2) is 19.7 Å². The maximum atomic E-state index is 13.3. The minimum Gasteiger partial charge on any atom is -0.481 e. The normalized spacial score (nSPS) is 16.9. The van der Waals surface area contributed by atoms with Crippen molar-refractivity contribution in [1.82, 2.24) is 19.9 Å². The van der Waals surface area contributed by atoms with E-state index in [1.807, 2.05) is 31.2 Å². The summed E-state index contributed by atoms with van der Waals surface area (Å²) in [7, 11) is 1.52. The van der Waals surface area contributed by atoms with Gasteiger partial charge in [0.05, 0.1) is 24.5 Å². The summed E-state index contributed by atoms with van der Waals surface area (Å²) in [5.74, 6) is 1.43. The fourth-order valence-electron chi connectivity index (χ4n) is 4.03. The van der Waals surface area contributed by atoms with Gasteiger partial charge in [0.25, 0.3) is 0 Å². The van der Waals surface area contributed by atoms with Crippen LogP contribution in [0, 0.1) is 6.92 Å². The summed E-state index contributed by atoms with van der Waals surface area (Å²) >= 11 is 0. The van der Waals surface area contributed by atoms with Crippen LogP contribution in [0.25, 0.3) is 11.3 Å². The number of anilines is 3. The second-order valence-electron chi connectivity index (χ2n) is 7.36. The van der Waals surface area contributed by atoms with E-state index in [0.29, 0.717) is 17.5 Å². The van der Waals surface area contributed by atoms with E-state index in [-0.39, 0.29) is 12.1 Å². The van der Waals surface area contributed by atoms with Gasteiger partial charge in [-0.1, -0.05) is 0 Å². The van der Waals surface area contributed by atoms with Crippen molar-refractivity contribution in [3.63, 3.8) is 0 Å². The molecule has 2 aliphatic heterocycles. The van der Waals surface area contributed by atoms with Gasteiger partial charge in [-0.2, -0.15) is 0 Å². The largest absolute Gasteiger partial charge is 0.481 e. The number of carbonyl (C=O) groups excluding carboxylic acids is 1. The van der Waals surface area contributed by atoms with Crippen molar-refractivity contribution in [3.8, 4) is 17.1 Å². The predicted molar refractivity (Wildman–Crippen MR) is 113 cm³/mol. The molecule has 1 fully saturated rings. The van der Waals surface area contributed by atoms with Crippen LogP contribution in [0.5, 0.6) is 5.88 Å². The number of hydrogen-bond acceptors (Lipinski definition) is 7. The van der Waals surface area contributed by atoms with Gasteiger partial charge in [0.2, 0.25) is 5.88 Å². The monoisotopic (exact) mass is 403 g/mol. The molecule has 9 heteroatoms. The van der Waals surface area contributed by atoms with Gasteiger partial charge in [-0.3, -0.25) is 15.2 Å². The summed E-state index contributed by atoms with van der Waals surface area (Å²) < 4.78 is 5.12. The van der Waals surface area contributed by atoms with E-state index in [0.717, 1.165) is 42.1 Å². The molecule has 0 spiro atoms. The Bertz CT molecular complexity index is 1120. The highest BCUT2D eigenvalue weighted by Crippen LogP contribution is 2.40. The lowest BCUT2D eigenvalue weighted by molar-refractivity contribution is 0.254. The molecule has 1 N–H and O–H groups in total. The smallest absolute Gasteiger partial charge is 0.329 e. The summed E-state index contributed by atoms with van der Waals surface area (Å²) in [4.78, 5) is 34.6. The fraction of sp³-hybridized carbons (Fsp3) is 0.286. The first-order chi connectivity index (χ1) is 14.6. The standard InChI is InChI=1S/C21H21N7O2/c1-13-9-14(5-7-22-13)16-3-4-17-20(25-16)28(15-6-8-27(17)11-15)21(29)26-18-10-19(30-2)24-12-23-18/h3-5,7,9-10,12,15H,6,8,11H2,1-2H3,(H,23,24,26,29)/t15-/m0/s1. The van der Waals surface area contributed by atoms with E-state index in [1.54, 1.807) is 17.2 Å². The lowest BCUT2D eigenvalue weighted by Gasteiger charge is -2.35. The molecule has 2 amide bonds. The number of pyridine rings is 2. The number of nitrogens with zero attached hydrogens (tertiary/aromatic N) is 6. The molecule has 3 aromatic heterocycles. The van der Waals surface area contributed by atoms with Crippen molar-refractivity contribution in [1.29, 1.82) is 0 Å². The number of nitrogens with one attached hydrogen (secondary N) is 1. The number of amides is 2. The van der Waals surface area contributed by atoms with Crippen molar-refractivity contribution in [2.24, 2.45) is 0 Å². The van der Waals surface area contributed by atoms with Crippen LogP contribution in [-0.2, 0) is 0 Å². The van der Waals surface area contributed by atoms with Crippen molar-refractivity contribution < 1.29 is 9.53 Å². The number of aromatic nitrogens is 4. The molecule has 1 atom stereocenters. The molecule has 1 saturated heterocycles. The predicted octanol–water partition coefficient (Wildman–Crippen LogP) is 2.88. The Morgan fingerprint density at radius 3 is 2.93 bits per heavy atom. The SMILES string of the molecule is COc1cc(NC(=O)N2c3nc(-c4ccnc(C)c4)ccc3N3CC[C@H]2C3)ncn1. The summed E-state index contributed by atoms with van der Waals surface area (Å²) in [5, 5.41) is 2.87. The zero-order valence-corrected chi connectivity index (χ0v) is 16.7. The number of fused-ring (bicyclic) bond motifs is 4. The summed E-state index contributed by atoms with van der Waals surface area (Å²) in [6.07, 6.45) is 4.02.